The van der Waals surface area contributed by atoms with Crippen molar-refractivity contribution in [3.8, 4) is 5.75 Å². The molecule has 1 saturated heterocycles. The van der Waals surface area contributed by atoms with Crippen molar-refractivity contribution in [2.24, 2.45) is 0 Å². The van der Waals surface area contributed by atoms with E-state index in [1.165, 1.54) is 6.92 Å². The molecule has 0 aromatic heterocycles. The third-order valence-corrected chi connectivity index (χ3v) is 6.94. The molecule has 1 aromatic carbocycles. The molecule has 0 amide bonds. The zero-order chi connectivity index (χ0) is 35.4. The Morgan fingerprint density at radius 3 is 1.85 bits per heavy atom. The van der Waals surface area contributed by atoms with E-state index in [4.69, 9.17) is 47.4 Å². The molecule has 0 radical (unpaired) electrons. The molecular formula is C33H50O15. The molecule has 1 aliphatic rings. The van der Waals surface area contributed by atoms with Gasteiger partial charge in [0.15, 0.2) is 25.1 Å². The van der Waals surface area contributed by atoms with Gasteiger partial charge in [-0.05, 0) is 43.9 Å². The fourth-order valence-corrected chi connectivity index (χ4v) is 4.89. The van der Waals surface area contributed by atoms with Crippen molar-refractivity contribution >= 4 is 23.9 Å². The number of unbranched alkanes of at least 4 members (excludes halogenated alkanes) is 1. The Morgan fingerprint density at radius 2 is 1.29 bits per heavy atom. The van der Waals surface area contributed by atoms with Crippen LogP contribution in [0.5, 0.6) is 5.75 Å². The molecule has 0 saturated carbocycles. The fraction of sp³-hybridized carbons (Fsp3) is 0.697. The molecule has 1 heterocycles. The molecule has 1 aromatic rings. The molecule has 2 rings (SSSR count). The van der Waals surface area contributed by atoms with Gasteiger partial charge in [-0.1, -0.05) is 12.1 Å². The number of aryl methyl sites for hydroxylation is 1. The number of carbonyl (C=O) groups is 4. The van der Waals surface area contributed by atoms with Gasteiger partial charge in [-0.15, -0.1) is 0 Å². The van der Waals surface area contributed by atoms with Crippen LogP contribution in [0.15, 0.2) is 24.3 Å². The lowest BCUT2D eigenvalue weighted by Gasteiger charge is -2.48. The minimum absolute atomic E-state index is 0.0464. The molecule has 15 heteroatoms. The van der Waals surface area contributed by atoms with Gasteiger partial charge in [-0.2, -0.15) is 0 Å². The summed E-state index contributed by atoms with van der Waals surface area (Å²) in [5.41, 5.74) is 1.01. The normalized spacial score (nSPS) is 22.0. The van der Waals surface area contributed by atoms with Crippen LogP contribution in [-0.2, 0) is 68.2 Å². The van der Waals surface area contributed by atoms with Crippen LogP contribution in [0.1, 0.15) is 59.4 Å². The topological polar surface area (TPSA) is 181 Å². The van der Waals surface area contributed by atoms with Crippen LogP contribution in [0, 0.1) is 0 Å². The van der Waals surface area contributed by atoms with E-state index in [0.717, 1.165) is 26.3 Å². The van der Waals surface area contributed by atoms with E-state index in [9.17, 15) is 24.3 Å². The van der Waals surface area contributed by atoms with E-state index in [0.29, 0.717) is 71.3 Å². The minimum Gasteiger partial charge on any atom is -0.468 e. The van der Waals surface area contributed by atoms with E-state index < -0.39 is 60.7 Å². The first-order valence-electron chi connectivity index (χ1n) is 16.0. The fourth-order valence-electron chi connectivity index (χ4n) is 4.89. The summed E-state index contributed by atoms with van der Waals surface area (Å²) < 4.78 is 54.2. The maximum absolute atomic E-state index is 12.0. The van der Waals surface area contributed by atoms with Crippen LogP contribution in [0.25, 0.3) is 0 Å². The molecule has 0 unspecified atom stereocenters. The number of carbonyl (C=O) groups excluding carboxylic acids is 4. The summed E-state index contributed by atoms with van der Waals surface area (Å²) in [6.45, 7) is 9.67. The van der Waals surface area contributed by atoms with Crippen LogP contribution < -0.4 is 4.74 Å². The maximum Gasteiger partial charge on any atom is 0.303 e. The lowest BCUT2D eigenvalue weighted by Crippen LogP contribution is -2.68. The number of esters is 4. The molecule has 1 fully saturated rings. The molecule has 48 heavy (non-hydrogen) atoms. The van der Waals surface area contributed by atoms with Gasteiger partial charge < -0.3 is 52.5 Å². The van der Waals surface area contributed by atoms with Gasteiger partial charge in [-0.3, -0.25) is 19.2 Å². The predicted molar refractivity (Wildman–Crippen MR) is 167 cm³/mol. The Labute approximate surface area is 281 Å². The van der Waals surface area contributed by atoms with E-state index in [1.54, 1.807) is 0 Å². The first-order chi connectivity index (χ1) is 22.9. The third kappa shape index (κ3) is 15.7. The summed E-state index contributed by atoms with van der Waals surface area (Å²) in [5.74, 6) is -4.47. The summed E-state index contributed by atoms with van der Waals surface area (Å²) >= 11 is 0. The van der Waals surface area contributed by atoms with Crippen LogP contribution >= 0.6 is 0 Å². The average molecular weight is 687 g/mol. The number of aliphatic hydroxyl groups is 1. The van der Waals surface area contributed by atoms with E-state index in [1.807, 2.05) is 31.2 Å². The van der Waals surface area contributed by atoms with Crippen molar-refractivity contribution in [1.29, 1.82) is 0 Å². The monoisotopic (exact) mass is 686 g/mol. The third-order valence-electron chi connectivity index (χ3n) is 6.94. The molecule has 1 aliphatic heterocycles. The first kappa shape index (κ1) is 40.8. The molecule has 1 N–H and O–H groups in total. The molecule has 0 spiro atoms. The number of hydrogen-bond donors (Lipinski definition) is 1. The van der Waals surface area contributed by atoms with Gasteiger partial charge in [0.25, 0.3) is 0 Å². The van der Waals surface area contributed by atoms with Crippen molar-refractivity contribution in [2.75, 3.05) is 59.6 Å². The quantitative estimate of drug-likeness (QED) is 0.0766. The largest absolute Gasteiger partial charge is 0.468 e. The van der Waals surface area contributed by atoms with Crippen molar-refractivity contribution in [3.63, 3.8) is 0 Å². The smallest absolute Gasteiger partial charge is 0.303 e. The van der Waals surface area contributed by atoms with Gasteiger partial charge >= 0.3 is 23.9 Å². The Hall–Kier alpha value is -3.34. The van der Waals surface area contributed by atoms with Crippen LogP contribution in [-0.4, -0.2) is 119 Å². The Kier molecular flexibility index (Phi) is 19.0. The summed E-state index contributed by atoms with van der Waals surface area (Å²) in [6.07, 6.45) is -3.95. The molecule has 15 nitrogen and oxygen atoms in total. The summed E-state index contributed by atoms with van der Waals surface area (Å²) in [7, 11) is 0. The Bertz CT molecular complexity index is 1110. The van der Waals surface area contributed by atoms with Gasteiger partial charge in [0, 0.05) is 40.7 Å². The molecule has 0 bridgehead atoms. The predicted octanol–water partition coefficient (Wildman–Crippen LogP) is 2.27. The highest BCUT2D eigenvalue weighted by atomic mass is 16.7. The summed E-state index contributed by atoms with van der Waals surface area (Å²) in [6, 6.07) is 7.46. The Morgan fingerprint density at radius 1 is 0.729 bits per heavy atom. The highest BCUT2D eigenvalue weighted by molar-refractivity contribution is 5.68. The zero-order valence-electron chi connectivity index (χ0n) is 28.5. The van der Waals surface area contributed by atoms with Crippen molar-refractivity contribution in [1.82, 2.24) is 0 Å². The van der Waals surface area contributed by atoms with Crippen LogP contribution in [0.4, 0.5) is 0 Å². The maximum atomic E-state index is 12.0. The highest BCUT2D eigenvalue weighted by Crippen LogP contribution is 2.37. The lowest BCUT2D eigenvalue weighted by molar-refractivity contribution is -0.354. The highest BCUT2D eigenvalue weighted by Gasteiger charge is 2.59. The SMILES string of the molecule is CCOCCOCCOCCOCOc1ccc(CCCC[C@@]2(O)O[C@H](COC(C)=O)[C@@H](OC(C)=O)[C@H](OC(C)=O)[C@H]2OC(C)=O)cc1. The standard InChI is InChI=1S/C33H50O15/c1-6-39-15-16-40-17-18-41-19-20-42-22-44-28-12-10-27(11-13-28)9-7-8-14-33(38)32(47-26(5)37)31(46-25(4)36)30(45-24(3)35)29(48-33)21-43-23(2)34/h10-13,29-32,38H,6-9,14-22H2,1-5H3/t29-,30-,31+,32-,33-/m1/s1. The minimum atomic E-state index is -2.16. The van der Waals surface area contributed by atoms with Gasteiger partial charge in [0.05, 0.1) is 39.6 Å². The number of rotatable bonds is 23. The average Bonchev–Trinajstić information content (AvgIpc) is 3.02. The van der Waals surface area contributed by atoms with Gasteiger partial charge in [0.1, 0.15) is 18.5 Å². The zero-order valence-corrected chi connectivity index (χ0v) is 28.5. The second kappa shape index (κ2) is 22.3. The number of ether oxygens (including phenoxy) is 10. The first-order valence-corrected chi connectivity index (χ1v) is 16.0. The second-order valence-corrected chi connectivity index (χ2v) is 10.9. The van der Waals surface area contributed by atoms with E-state index in [2.05, 4.69) is 0 Å². The second-order valence-electron chi connectivity index (χ2n) is 10.9. The summed E-state index contributed by atoms with van der Waals surface area (Å²) in [4.78, 5) is 47.5. The molecule has 272 valence electrons. The van der Waals surface area contributed by atoms with Crippen molar-refractivity contribution in [3.05, 3.63) is 29.8 Å². The van der Waals surface area contributed by atoms with Crippen LogP contribution in [0.3, 0.4) is 0 Å². The summed E-state index contributed by atoms with van der Waals surface area (Å²) in [5, 5.41) is 11.7. The number of hydrogen-bond acceptors (Lipinski definition) is 15. The lowest BCUT2D eigenvalue weighted by atomic mass is 9.88. The Balaban J connectivity index is 1.87. The van der Waals surface area contributed by atoms with Crippen molar-refractivity contribution in [2.45, 2.75) is 90.5 Å². The molecular weight excluding hydrogens is 636 g/mol. The van der Waals surface area contributed by atoms with Crippen molar-refractivity contribution < 1.29 is 71.7 Å². The van der Waals surface area contributed by atoms with Crippen LogP contribution in [0.2, 0.25) is 0 Å². The van der Waals surface area contributed by atoms with E-state index >= 15 is 0 Å². The molecule has 5 atom stereocenters. The molecule has 0 aliphatic carbocycles. The van der Waals surface area contributed by atoms with Gasteiger partial charge in [0.2, 0.25) is 5.79 Å². The number of benzene rings is 1. The van der Waals surface area contributed by atoms with E-state index in [-0.39, 0.29) is 13.2 Å². The van der Waals surface area contributed by atoms with Gasteiger partial charge in [-0.25, -0.2) is 0 Å².